The van der Waals surface area contributed by atoms with Gasteiger partial charge in [0.15, 0.2) is 0 Å². The summed E-state index contributed by atoms with van der Waals surface area (Å²) in [5.74, 6) is -1.23. The average Bonchev–Trinajstić information content (AvgIpc) is 3.06. The molecule has 2 aromatic carbocycles. The summed E-state index contributed by atoms with van der Waals surface area (Å²) in [5, 5.41) is 11.7. The van der Waals surface area contributed by atoms with Crippen molar-refractivity contribution in [2.24, 2.45) is 0 Å². The van der Waals surface area contributed by atoms with E-state index in [1.165, 1.54) is 4.90 Å². The number of Topliss-reactive ketones (excluding diaryl/α,β-unsaturated/α-hetero) is 1. The number of halogens is 1. The van der Waals surface area contributed by atoms with Crippen LogP contribution in [0, 0.1) is 6.92 Å². The van der Waals surface area contributed by atoms with E-state index in [1.807, 2.05) is 20.8 Å². The van der Waals surface area contributed by atoms with Crippen LogP contribution in [-0.2, 0) is 9.59 Å². The molecule has 6 nitrogen and oxygen atoms in total. The molecule has 1 atom stereocenters. The lowest BCUT2D eigenvalue weighted by Gasteiger charge is -2.27. The normalized spacial score (nSPS) is 17.6. The Balaban J connectivity index is 1.93. The summed E-state index contributed by atoms with van der Waals surface area (Å²) in [6.45, 7) is 5.63. The number of carbonyl (C=O) groups is 2. The van der Waals surface area contributed by atoms with Crippen molar-refractivity contribution >= 4 is 34.7 Å². The second-order valence-electron chi connectivity index (χ2n) is 8.07. The predicted molar refractivity (Wildman–Crippen MR) is 127 cm³/mol. The van der Waals surface area contributed by atoms with Crippen LogP contribution in [-0.4, -0.2) is 27.9 Å². The van der Waals surface area contributed by atoms with E-state index in [9.17, 15) is 14.7 Å². The minimum absolute atomic E-state index is 0.00716. The Morgan fingerprint density at radius 2 is 1.82 bits per heavy atom. The van der Waals surface area contributed by atoms with Gasteiger partial charge in [0, 0.05) is 28.7 Å². The topological polar surface area (TPSA) is 79.7 Å². The molecule has 1 unspecified atom stereocenters. The lowest BCUT2D eigenvalue weighted by molar-refractivity contribution is -0.132. The number of aromatic nitrogens is 1. The number of aliphatic hydroxyl groups excluding tert-OH is 1. The number of nitrogens with zero attached hydrogens (tertiary/aromatic N) is 2. The molecule has 0 radical (unpaired) electrons. The number of pyridine rings is 1. The fraction of sp³-hybridized carbons (Fsp3) is 0.192. The fourth-order valence-corrected chi connectivity index (χ4v) is 4.09. The first-order chi connectivity index (χ1) is 15.8. The summed E-state index contributed by atoms with van der Waals surface area (Å²) in [6, 6.07) is 14.6. The Morgan fingerprint density at radius 3 is 2.52 bits per heavy atom. The van der Waals surface area contributed by atoms with Gasteiger partial charge in [-0.15, -0.1) is 0 Å². The van der Waals surface area contributed by atoms with Crippen LogP contribution in [0.15, 0.2) is 72.6 Å². The van der Waals surface area contributed by atoms with Crippen LogP contribution in [0.25, 0.3) is 5.76 Å². The molecule has 0 aliphatic carbocycles. The standard InChI is InChI=1S/C26H23ClN2O4/c1-15(2)33-20-6-4-5-18(13-20)24(30)22-23(17-9-11-28-12-10-17)29(26(32)25(22)31)21-14-19(27)8-7-16(21)3/h4-15,23,30H,1-3H3/b24-22+. The zero-order valence-electron chi connectivity index (χ0n) is 18.4. The van der Waals surface area contributed by atoms with Crippen LogP contribution in [0.1, 0.15) is 36.6 Å². The molecule has 33 heavy (non-hydrogen) atoms. The predicted octanol–water partition coefficient (Wildman–Crippen LogP) is 5.46. The minimum atomic E-state index is -0.847. The van der Waals surface area contributed by atoms with Gasteiger partial charge in [0.25, 0.3) is 11.7 Å². The molecule has 1 aromatic heterocycles. The van der Waals surface area contributed by atoms with E-state index in [0.717, 1.165) is 5.56 Å². The van der Waals surface area contributed by atoms with Crippen molar-refractivity contribution in [3.63, 3.8) is 0 Å². The molecule has 3 aromatic rings. The highest BCUT2D eigenvalue weighted by atomic mass is 35.5. The quantitative estimate of drug-likeness (QED) is 0.309. The number of aryl methyl sites for hydroxylation is 1. The Morgan fingerprint density at radius 1 is 1.09 bits per heavy atom. The Kier molecular flexibility index (Phi) is 6.20. The van der Waals surface area contributed by atoms with Crippen molar-refractivity contribution in [2.45, 2.75) is 32.9 Å². The molecule has 7 heteroatoms. The molecule has 0 spiro atoms. The van der Waals surface area contributed by atoms with Crippen molar-refractivity contribution in [1.29, 1.82) is 0 Å². The van der Waals surface area contributed by atoms with Gasteiger partial charge in [0.05, 0.1) is 17.7 Å². The molecular formula is C26H23ClN2O4. The molecule has 0 bridgehead atoms. The molecule has 168 valence electrons. The number of hydrogen-bond donors (Lipinski definition) is 1. The van der Waals surface area contributed by atoms with E-state index >= 15 is 0 Å². The van der Waals surface area contributed by atoms with Crippen LogP contribution in [0.3, 0.4) is 0 Å². The third kappa shape index (κ3) is 4.34. The molecule has 1 saturated heterocycles. The van der Waals surface area contributed by atoms with Gasteiger partial charge in [-0.05, 0) is 68.3 Å². The van der Waals surface area contributed by atoms with Gasteiger partial charge < -0.3 is 9.84 Å². The van der Waals surface area contributed by atoms with Crippen molar-refractivity contribution in [1.82, 2.24) is 4.98 Å². The van der Waals surface area contributed by atoms with Gasteiger partial charge >= 0.3 is 0 Å². The van der Waals surface area contributed by atoms with E-state index in [4.69, 9.17) is 16.3 Å². The van der Waals surface area contributed by atoms with E-state index in [-0.39, 0.29) is 17.4 Å². The third-order valence-electron chi connectivity index (χ3n) is 5.38. The van der Waals surface area contributed by atoms with Crippen LogP contribution in [0.2, 0.25) is 5.02 Å². The van der Waals surface area contributed by atoms with E-state index in [0.29, 0.717) is 27.6 Å². The van der Waals surface area contributed by atoms with E-state index in [2.05, 4.69) is 4.98 Å². The number of rotatable bonds is 5. The van der Waals surface area contributed by atoms with Crippen molar-refractivity contribution in [3.8, 4) is 5.75 Å². The molecule has 1 aliphatic rings. The van der Waals surface area contributed by atoms with Gasteiger partial charge in [-0.1, -0.05) is 29.8 Å². The first-order valence-corrected chi connectivity index (χ1v) is 10.9. The van der Waals surface area contributed by atoms with E-state index < -0.39 is 17.7 Å². The third-order valence-corrected chi connectivity index (χ3v) is 5.61. The van der Waals surface area contributed by atoms with Gasteiger partial charge in [-0.25, -0.2) is 0 Å². The van der Waals surface area contributed by atoms with Crippen molar-refractivity contribution in [2.75, 3.05) is 4.90 Å². The number of benzene rings is 2. The maximum absolute atomic E-state index is 13.3. The second-order valence-corrected chi connectivity index (χ2v) is 8.51. The molecule has 2 heterocycles. The molecule has 1 aliphatic heterocycles. The van der Waals surface area contributed by atoms with Crippen LogP contribution in [0.4, 0.5) is 5.69 Å². The average molecular weight is 463 g/mol. The number of anilines is 1. The zero-order valence-corrected chi connectivity index (χ0v) is 19.2. The first-order valence-electron chi connectivity index (χ1n) is 10.5. The summed E-state index contributed by atoms with van der Waals surface area (Å²) in [4.78, 5) is 32.0. The lowest BCUT2D eigenvalue weighted by atomic mass is 9.95. The van der Waals surface area contributed by atoms with E-state index in [1.54, 1.807) is 67.0 Å². The SMILES string of the molecule is Cc1ccc(Cl)cc1N1C(=O)C(=O)/C(=C(/O)c2cccc(OC(C)C)c2)C1c1ccncc1. The minimum Gasteiger partial charge on any atom is -0.507 e. The van der Waals surface area contributed by atoms with Gasteiger partial charge in [0.1, 0.15) is 11.5 Å². The molecule has 0 saturated carbocycles. The fourth-order valence-electron chi connectivity index (χ4n) is 3.93. The number of aliphatic hydroxyl groups is 1. The second kappa shape index (κ2) is 9.08. The van der Waals surface area contributed by atoms with Crippen LogP contribution < -0.4 is 9.64 Å². The molecule has 1 N–H and O–H groups in total. The monoisotopic (exact) mass is 462 g/mol. The largest absolute Gasteiger partial charge is 0.507 e. The van der Waals surface area contributed by atoms with Crippen molar-refractivity contribution < 1.29 is 19.4 Å². The van der Waals surface area contributed by atoms with Gasteiger partial charge in [-0.2, -0.15) is 0 Å². The summed E-state index contributed by atoms with van der Waals surface area (Å²) in [5.41, 5.74) is 2.29. The van der Waals surface area contributed by atoms with Gasteiger partial charge in [-0.3, -0.25) is 19.5 Å². The maximum Gasteiger partial charge on any atom is 0.300 e. The molecule has 1 amide bonds. The Bertz CT molecular complexity index is 1250. The Hall–Kier alpha value is -3.64. The van der Waals surface area contributed by atoms with Crippen molar-refractivity contribution in [3.05, 3.63) is 94.3 Å². The molecular weight excluding hydrogens is 440 g/mol. The number of amides is 1. The highest BCUT2D eigenvalue weighted by molar-refractivity contribution is 6.52. The highest BCUT2D eigenvalue weighted by Crippen LogP contribution is 2.43. The smallest absolute Gasteiger partial charge is 0.300 e. The summed E-state index contributed by atoms with van der Waals surface area (Å²) in [6.07, 6.45) is 3.10. The summed E-state index contributed by atoms with van der Waals surface area (Å²) < 4.78 is 5.73. The van der Waals surface area contributed by atoms with Crippen LogP contribution >= 0.6 is 11.6 Å². The zero-order chi connectivity index (χ0) is 23.7. The van der Waals surface area contributed by atoms with Gasteiger partial charge in [0.2, 0.25) is 0 Å². The number of carbonyl (C=O) groups excluding carboxylic acids is 2. The number of ether oxygens (including phenoxy) is 1. The summed E-state index contributed by atoms with van der Waals surface area (Å²) in [7, 11) is 0. The first kappa shape index (κ1) is 22.6. The number of ketones is 1. The highest BCUT2D eigenvalue weighted by Gasteiger charge is 2.47. The Labute approximate surface area is 197 Å². The molecule has 4 rings (SSSR count). The maximum atomic E-state index is 13.3. The summed E-state index contributed by atoms with van der Waals surface area (Å²) >= 11 is 6.22. The molecule has 1 fully saturated rings. The van der Waals surface area contributed by atoms with Crippen LogP contribution in [0.5, 0.6) is 5.75 Å². The number of hydrogen-bond acceptors (Lipinski definition) is 5. The lowest BCUT2D eigenvalue weighted by Crippen LogP contribution is -2.30.